The van der Waals surface area contributed by atoms with Crippen LogP contribution < -0.4 is 0 Å². The maximum absolute atomic E-state index is 12.1. The van der Waals surface area contributed by atoms with Crippen molar-refractivity contribution in [1.82, 2.24) is 9.47 Å². The molecule has 0 fully saturated rings. The van der Waals surface area contributed by atoms with E-state index in [-0.39, 0.29) is 11.5 Å². The molecule has 0 saturated heterocycles. The van der Waals surface area contributed by atoms with Gasteiger partial charge in [-0.3, -0.25) is 4.79 Å². The summed E-state index contributed by atoms with van der Waals surface area (Å²) in [5.41, 5.74) is 4.28. The largest absolute Gasteiger partial charge is 0.508 e. The molecular weight excluding hydrogens is 300 g/mol. The zero-order valence-corrected chi connectivity index (χ0v) is 14.2. The number of phenols is 1. The molecule has 1 heterocycles. The highest BCUT2D eigenvalue weighted by Gasteiger charge is 2.24. The zero-order chi connectivity index (χ0) is 16.8. The fourth-order valence-corrected chi connectivity index (χ4v) is 3.93. The number of aromatic nitrogens is 1. The lowest BCUT2D eigenvalue weighted by atomic mass is 10.0. The number of phenolic OH excluding ortho intramolecular Hbond substituents is 1. The molecule has 1 aliphatic rings. The van der Waals surface area contributed by atoms with Crippen molar-refractivity contribution in [3.8, 4) is 5.75 Å². The number of nitrogens with zero attached hydrogens (tertiary/aromatic N) is 2. The van der Waals surface area contributed by atoms with E-state index in [0.29, 0.717) is 6.42 Å². The molecule has 4 heteroatoms. The molecule has 0 radical (unpaired) electrons. The standard InChI is InChI=1S/C20H22N2O2/c1-21(2)10-3-11-22-17-8-6-14-15(7-9-19(14)24)20(17)16-5-4-13(23)12-18(16)22/h4-6,8,12,23H,3,7,9-11H2,1-2H3. The highest BCUT2D eigenvalue weighted by atomic mass is 16.3. The second-order valence-corrected chi connectivity index (χ2v) is 6.92. The summed E-state index contributed by atoms with van der Waals surface area (Å²) in [6, 6.07) is 9.62. The van der Waals surface area contributed by atoms with E-state index in [1.165, 1.54) is 16.5 Å². The van der Waals surface area contributed by atoms with Gasteiger partial charge in [-0.1, -0.05) is 0 Å². The summed E-state index contributed by atoms with van der Waals surface area (Å²) in [6.07, 6.45) is 2.47. The first-order chi connectivity index (χ1) is 11.6. The van der Waals surface area contributed by atoms with E-state index in [1.54, 1.807) is 6.07 Å². The minimum atomic E-state index is 0.249. The quantitative estimate of drug-likeness (QED) is 0.798. The van der Waals surface area contributed by atoms with Gasteiger partial charge in [-0.2, -0.15) is 0 Å². The van der Waals surface area contributed by atoms with Gasteiger partial charge in [-0.15, -0.1) is 0 Å². The van der Waals surface area contributed by atoms with E-state index in [9.17, 15) is 9.90 Å². The van der Waals surface area contributed by atoms with Gasteiger partial charge >= 0.3 is 0 Å². The number of carbonyl (C=O) groups is 1. The van der Waals surface area contributed by atoms with E-state index in [1.807, 2.05) is 18.2 Å². The maximum Gasteiger partial charge on any atom is 0.163 e. The number of rotatable bonds is 4. The predicted molar refractivity (Wildman–Crippen MR) is 96.9 cm³/mol. The lowest BCUT2D eigenvalue weighted by molar-refractivity contribution is 0.0994. The van der Waals surface area contributed by atoms with Gasteiger partial charge in [0, 0.05) is 40.9 Å². The molecule has 4 nitrogen and oxygen atoms in total. The summed E-state index contributed by atoms with van der Waals surface area (Å²) in [5, 5.41) is 12.3. The summed E-state index contributed by atoms with van der Waals surface area (Å²) >= 11 is 0. The van der Waals surface area contributed by atoms with Crippen LogP contribution >= 0.6 is 0 Å². The van der Waals surface area contributed by atoms with Crippen molar-refractivity contribution in [2.45, 2.75) is 25.8 Å². The topological polar surface area (TPSA) is 45.5 Å². The Balaban J connectivity index is 1.95. The van der Waals surface area contributed by atoms with Crippen LogP contribution in [0.3, 0.4) is 0 Å². The molecule has 1 aliphatic carbocycles. The average molecular weight is 322 g/mol. The van der Waals surface area contributed by atoms with Crippen molar-refractivity contribution in [3.63, 3.8) is 0 Å². The normalized spacial score (nSPS) is 14.2. The molecule has 1 N–H and O–H groups in total. The minimum absolute atomic E-state index is 0.249. The van der Waals surface area contributed by atoms with Crippen molar-refractivity contribution in [1.29, 1.82) is 0 Å². The summed E-state index contributed by atoms with van der Waals surface area (Å²) in [7, 11) is 4.16. The molecule has 2 aromatic carbocycles. The molecule has 0 saturated carbocycles. The van der Waals surface area contributed by atoms with Crippen LogP contribution in [0.2, 0.25) is 0 Å². The van der Waals surface area contributed by atoms with Gasteiger partial charge in [-0.05, 0) is 63.3 Å². The fourth-order valence-electron chi connectivity index (χ4n) is 3.93. The molecule has 0 bridgehead atoms. The van der Waals surface area contributed by atoms with Gasteiger partial charge in [0.25, 0.3) is 0 Å². The number of carbonyl (C=O) groups excluding carboxylic acids is 1. The molecule has 24 heavy (non-hydrogen) atoms. The lowest BCUT2D eigenvalue weighted by Crippen LogP contribution is -2.15. The van der Waals surface area contributed by atoms with Crippen LogP contribution in [-0.2, 0) is 13.0 Å². The van der Waals surface area contributed by atoms with E-state index in [2.05, 4.69) is 29.6 Å². The van der Waals surface area contributed by atoms with Gasteiger partial charge in [0.15, 0.2) is 5.78 Å². The highest BCUT2D eigenvalue weighted by molar-refractivity contribution is 6.15. The second-order valence-electron chi connectivity index (χ2n) is 6.92. The molecule has 0 aliphatic heterocycles. The van der Waals surface area contributed by atoms with E-state index in [4.69, 9.17) is 0 Å². The highest BCUT2D eigenvalue weighted by Crippen LogP contribution is 2.38. The number of aryl methyl sites for hydroxylation is 2. The monoisotopic (exact) mass is 322 g/mol. The first kappa shape index (κ1) is 15.2. The molecule has 0 spiro atoms. The smallest absolute Gasteiger partial charge is 0.163 e. The lowest BCUT2D eigenvalue weighted by Gasteiger charge is -2.12. The number of hydrogen-bond acceptors (Lipinski definition) is 3. The van der Waals surface area contributed by atoms with Crippen LogP contribution in [0.15, 0.2) is 30.3 Å². The van der Waals surface area contributed by atoms with E-state index in [0.717, 1.165) is 42.4 Å². The Morgan fingerprint density at radius 2 is 1.96 bits per heavy atom. The minimum Gasteiger partial charge on any atom is -0.508 e. The maximum atomic E-state index is 12.1. The summed E-state index contributed by atoms with van der Waals surface area (Å²) < 4.78 is 2.29. The van der Waals surface area contributed by atoms with Crippen molar-refractivity contribution in [2.75, 3.05) is 20.6 Å². The van der Waals surface area contributed by atoms with Crippen LogP contribution in [0, 0.1) is 0 Å². The number of benzene rings is 2. The molecule has 3 aromatic rings. The molecule has 4 rings (SSSR count). The third kappa shape index (κ3) is 2.29. The van der Waals surface area contributed by atoms with Gasteiger partial charge in [0.1, 0.15) is 5.75 Å². The Bertz CT molecular complexity index is 953. The molecule has 124 valence electrons. The Hall–Kier alpha value is -2.33. The van der Waals surface area contributed by atoms with Gasteiger partial charge in [0.2, 0.25) is 0 Å². The van der Waals surface area contributed by atoms with E-state index >= 15 is 0 Å². The molecule has 0 amide bonds. The third-order valence-electron chi connectivity index (χ3n) is 5.01. The van der Waals surface area contributed by atoms with Crippen LogP contribution in [0.25, 0.3) is 21.8 Å². The number of Topliss-reactive ketones (excluding diaryl/α,β-unsaturated/α-hetero) is 1. The van der Waals surface area contributed by atoms with Crippen molar-refractivity contribution in [2.24, 2.45) is 0 Å². The van der Waals surface area contributed by atoms with Gasteiger partial charge in [0.05, 0.1) is 5.52 Å². The first-order valence-electron chi connectivity index (χ1n) is 8.51. The zero-order valence-electron chi connectivity index (χ0n) is 14.2. The Morgan fingerprint density at radius 1 is 1.12 bits per heavy atom. The second kappa shape index (κ2) is 5.64. The summed E-state index contributed by atoms with van der Waals surface area (Å²) in [5.74, 6) is 0.533. The molecule has 1 aromatic heterocycles. The number of hydrogen-bond donors (Lipinski definition) is 1. The predicted octanol–water partition coefficient (Wildman–Crippen LogP) is 3.58. The molecule has 0 atom stereocenters. The number of fused-ring (bicyclic) bond motifs is 5. The molecular formula is C20H22N2O2. The Morgan fingerprint density at radius 3 is 2.75 bits per heavy atom. The van der Waals surface area contributed by atoms with Crippen LogP contribution in [0.5, 0.6) is 5.75 Å². The average Bonchev–Trinajstić information content (AvgIpc) is 3.06. The van der Waals surface area contributed by atoms with Gasteiger partial charge in [-0.25, -0.2) is 0 Å². The van der Waals surface area contributed by atoms with Gasteiger partial charge < -0.3 is 14.6 Å². The fraction of sp³-hybridized carbons (Fsp3) is 0.350. The third-order valence-corrected chi connectivity index (χ3v) is 5.01. The Labute approximate surface area is 141 Å². The molecule has 0 unspecified atom stereocenters. The Kier molecular flexibility index (Phi) is 3.57. The van der Waals surface area contributed by atoms with Crippen molar-refractivity contribution in [3.05, 3.63) is 41.5 Å². The number of ketones is 1. The van der Waals surface area contributed by atoms with Crippen molar-refractivity contribution >= 4 is 27.6 Å². The first-order valence-corrected chi connectivity index (χ1v) is 8.51. The van der Waals surface area contributed by atoms with Crippen LogP contribution in [-0.4, -0.2) is 41.0 Å². The summed E-state index contributed by atoms with van der Waals surface area (Å²) in [6.45, 7) is 1.91. The van der Waals surface area contributed by atoms with Crippen molar-refractivity contribution < 1.29 is 9.90 Å². The van der Waals surface area contributed by atoms with Crippen LogP contribution in [0.4, 0.5) is 0 Å². The SMILES string of the molecule is CN(C)CCCn1c2cc(O)ccc2c2c3c(ccc21)C(=O)CC3. The van der Waals surface area contributed by atoms with E-state index < -0.39 is 0 Å². The number of aromatic hydroxyl groups is 1. The van der Waals surface area contributed by atoms with Crippen LogP contribution in [0.1, 0.15) is 28.8 Å². The summed E-state index contributed by atoms with van der Waals surface area (Å²) in [4.78, 5) is 14.3.